The molecule has 0 amide bonds. The van der Waals surface area contributed by atoms with Crippen LogP contribution in [0.1, 0.15) is 11.4 Å². The Morgan fingerprint density at radius 3 is 1.23 bits per heavy atom. The van der Waals surface area contributed by atoms with E-state index in [2.05, 4.69) is 92.7 Å². The summed E-state index contributed by atoms with van der Waals surface area (Å²) in [5.74, 6) is 0. The highest BCUT2D eigenvalue weighted by atomic mass is 35.5. The highest BCUT2D eigenvalue weighted by molar-refractivity contribution is 6.31. The van der Waals surface area contributed by atoms with Crippen molar-refractivity contribution in [2.24, 2.45) is 0 Å². The van der Waals surface area contributed by atoms with Gasteiger partial charge in [-0.3, -0.25) is 0 Å². The van der Waals surface area contributed by atoms with Gasteiger partial charge in [0.15, 0.2) is 0 Å². The maximum Gasteiger partial charge on any atom is 0.0648 e. The largest absolute Gasteiger partial charge is 0.237 e. The second-order valence-electron chi connectivity index (χ2n) is 10.6. The van der Waals surface area contributed by atoms with Gasteiger partial charge in [0.25, 0.3) is 0 Å². The molecule has 7 rings (SSSR count). The van der Waals surface area contributed by atoms with E-state index in [9.17, 15) is 0 Å². The first-order valence-corrected chi connectivity index (χ1v) is 14.7. The molecule has 5 heteroatoms. The van der Waals surface area contributed by atoms with Crippen LogP contribution in [0, 0.1) is 13.8 Å². The van der Waals surface area contributed by atoms with E-state index >= 15 is 0 Å². The lowest BCUT2D eigenvalue weighted by molar-refractivity contribution is 0.847. The van der Waals surface area contributed by atoms with E-state index < -0.39 is 0 Å². The Labute approximate surface area is 256 Å². The minimum atomic E-state index is 0.686. The van der Waals surface area contributed by atoms with Crippen molar-refractivity contribution in [1.29, 1.82) is 0 Å². The molecule has 0 aliphatic heterocycles. The van der Waals surface area contributed by atoms with E-state index in [1.807, 2.05) is 70.3 Å². The number of rotatable bonds is 6. The van der Waals surface area contributed by atoms with Gasteiger partial charge in [0.2, 0.25) is 0 Å². The van der Waals surface area contributed by atoms with Gasteiger partial charge >= 0.3 is 0 Å². The molecule has 0 fully saturated rings. The Bertz CT molecular complexity index is 1910. The van der Waals surface area contributed by atoms with Crippen molar-refractivity contribution >= 4 is 11.6 Å². The molecule has 0 saturated carbocycles. The summed E-state index contributed by atoms with van der Waals surface area (Å²) >= 11 is 6.84. The molecule has 0 N–H and O–H groups in total. The van der Waals surface area contributed by atoms with E-state index in [0.29, 0.717) is 5.02 Å². The minimum absolute atomic E-state index is 0.686. The fourth-order valence-corrected chi connectivity index (χ4v) is 6.08. The fraction of sp³-hybridized carbons (Fsp3) is 0.0526. The molecule has 0 unspecified atom stereocenters. The van der Waals surface area contributed by atoms with Crippen molar-refractivity contribution in [2.45, 2.75) is 13.8 Å². The molecule has 0 aliphatic carbocycles. The number of benzene rings is 5. The lowest BCUT2D eigenvalue weighted by Gasteiger charge is -2.15. The normalized spacial score (nSPS) is 11.1. The molecule has 0 atom stereocenters. The van der Waals surface area contributed by atoms with Crippen molar-refractivity contribution in [1.82, 2.24) is 19.6 Å². The van der Waals surface area contributed by atoms with Gasteiger partial charge in [0.1, 0.15) is 0 Å². The van der Waals surface area contributed by atoms with Crippen LogP contribution < -0.4 is 0 Å². The Kier molecular flexibility index (Phi) is 6.98. The standard InChI is InChI=1S/C38H29ClN4/c1-26-37(24-40-42(26)31-13-5-3-6-14-31)35-19-11-9-17-33(35)28-21-29(23-30(39)22-28)34-18-10-12-20-36(34)38-25-41-43(27(38)2)32-15-7-4-8-16-32/h3-25H,1-2H3. The van der Waals surface area contributed by atoms with Gasteiger partial charge in [-0.05, 0) is 89.7 Å². The Balaban J connectivity index is 1.33. The molecule has 0 bridgehead atoms. The summed E-state index contributed by atoms with van der Waals surface area (Å²) in [5.41, 5.74) is 13.0. The van der Waals surface area contributed by atoms with E-state index in [-0.39, 0.29) is 0 Å². The van der Waals surface area contributed by atoms with Crippen molar-refractivity contribution in [3.63, 3.8) is 0 Å². The Morgan fingerprint density at radius 1 is 0.442 bits per heavy atom. The van der Waals surface area contributed by atoms with Gasteiger partial charge in [0, 0.05) is 27.5 Å². The van der Waals surface area contributed by atoms with Crippen LogP contribution in [-0.2, 0) is 0 Å². The Hall–Kier alpha value is -5.19. The summed E-state index contributed by atoms with van der Waals surface area (Å²) in [4.78, 5) is 0. The van der Waals surface area contributed by atoms with Crippen LogP contribution >= 0.6 is 11.6 Å². The minimum Gasteiger partial charge on any atom is -0.237 e. The second kappa shape index (κ2) is 11.2. The first-order chi connectivity index (χ1) is 21.1. The van der Waals surface area contributed by atoms with Crippen molar-refractivity contribution < 1.29 is 0 Å². The van der Waals surface area contributed by atoms with Crippen LogP contribution in [0.5, 0.6) is 0 Å². The molecule has 0 spiro atoms. The van der Waals surface area contributed by atoms with E-state index in [1.54, 1.807) is 0 Å². The number of aromatic nitrogens is 4. The third-order valence-electron chi connectivity index (χ3n) is 7.98. The molecule has 0 aliphatic rings. The molecule has 2 heterocycles. The highest BCUT2D eigenvalue weighted by Gasteiger charge is 2.18. The molecule has 208 valence electrons. The first-order valence-electron chi connectivity index (χ1n) is 14.3. The second-order valence-corrected chi connectivity index (χ2v) is 11.0. The summed E-state index contributed by atoms with van der Waals surface area (Å²) in [6.07, 6.45) is 3.91. The molecule has 2 aromatic heterocycles. The van der Waals surface area contributed by atoms with Gasteiger partial charge in [-0.1, -0.05) is 96.5 Å². The van der Waals surface area contributed by atoms with Gasteiger partial charge in [0.05, 0.1) is 23.8 Å². The molecular formula is C38H29ClN4. The molecule has 5 aromatic carbocycles. The third kappa shape index (κ3) is 4.96. The molecule has 4 nitrogen and oxygen atoms in total. The molecule has 0 saturated heterocycles. The topological polar surface area (TPSA) is 35.6 Å². The summed E-state index contributed by atoms with van der Waals surface area (Å²) < 4.78 is 3.98. The zero-order chi connectivity index (χ0) is 29.3. The van der Waals surface area contributed by atoms with Gasteiger partial charge in [-0.15, -0.1) is 0 Å². The monoisotopic (exact) mass is 576 g/mol. The maximum absolute atomic E-state index is 6.84. The quantitative estimate of drug-likeness (QED) is 0.197. The maximum atomic E-state index is 6.84. The van der Waals surface area contributed by atoms with Crippen molar-refractivity contribution in [3.8, 4) is 55.9 Å². The van der Waals surface area contributed by atoms with E-state index in [4.69, 9.17) is 21.8 Å². The summed E-state index contributed by atoms with van der Waals surface area (Å²) in [7, 11) is 0. The van der Waals surface area contributed by atoms with Crippen molar-refractivity contribution in [3.05, 3.63) is 156 Å². The lowest BCUT2D eigenvalue weighted by atomic mass is 9.90. The van der Waals surface area contributed by atoms with Crippen LogP contribution in [0.15, 0.2) is 140 Å². The van der Waals surface area contributed by atoms with E-state index in [0.717, 1.165) is 67.3 Å². The van der Waals surface area contributed by atoms with Crippen LogP contribution in [0.3, 0.4) is 0 Å². The number of hydrogen-bond donors (Lipinski definition) is 0. The number of nitrogens with zero attached hydrogens (tertiary/aromatic N) is 4. The van der Waals surface area contributed by atoms with Crippen LogP contribution in [0.4, 0.5) is 0 Å². The lowest BCUT2D eigenvalue weighted by Crippen LogP contribution is -1.98. The number of para-hydroxylation sites is 2. The molecule has 7 aromatic rings. The van der Waals surface area contributed by atoms with Crippen LogP contribution in [0.25, 0.3) is 55.9 Å². The smallest absolute Gasteiger partial charge is 0.0648 e. The number of halogens is 1. The summed E-state index contributed by atoms with van der Waals surface area (Å²) in [6.45, 7) is 4.23. The summed E-state index contributed by atoms with van der Waals surface area (Å²) in [5, 5.41) is 10.2. The van der Waals surface area contributed by atoms with Crippen LogP contribution in [0.2, 0.25) is 5.02 Å². The molecule has 0 radical (unpaired) electrons. The highest BCUT2D eigenvalue weighted by Crippen LogP contribution is 2.40. The van der Waals surface area contributed by atoms with Crippen LogP contribution in [-0.4, -0.2) is 19.6 Å². The average molecular weight is 577 g/mol. The van der Waals surface area contributed by atoms with Gasteiger partial charge in [-0.25, -0.2) is 9.36 Å². The Morgan fingerprint density at radius 2 is 0.814 bits per heavy atom. The SMILES string of the molecule is Cc1c(-c2ccccc2-c2cc(Cl)cc(-c3ccccc3-c3cnn(-c4ccccc4)c3C)c2)cnn1-c1ccccc1. The van der Waals surface area contributed by atoms with Crippen molar-refractivity contribution in [2.75, 3.05) is 0 Å². The zero-order valence-corrected chi connectivity index (χ0v) is 24.7. The number of hydrogen-bond acceptors (Lipinski definition) is 2. The summed E-state index contributed by atoms with van der Waals surface area (Å²) in [6, 6.07) is 43.7. The molecule has 43 heavy (non-hydrogen) atoms. The van der Waals surface area contributed by atoms with E-state index in [1.165, 1.54) is 0 Å². The predicted molar refractivity (Wildman–Crippen MR) is 177 cm³/mol. The first kappa shape index (κ1) is 26.7. The van der Waals surface area contributed by atoms with Gasteiger partial charge < -0.3 is 0 Å². The zero-order valence-electron chi connectivity index (χ0n) is 23.9. The third-order valence-corrected chi connectivity index (χ3v) is 8.19. The molecular weight excluding hydrogens is 548 g/mol. The predicted octanol–water partition coefficient (Wildman–Crippen LogP) is 10.00. The fourth-order valence-electron chi connectivity index (χ4n) is 5.85. The average Bonchev–Trinajstić information content (AvgIpc) is 3.63. The van der Waals surface area contributed by atoms with Gasteiger partial charge in [-0.2, -0.15) is 10.2 Å².